The number of esters is 1. The number of benzene rings is 2. The van der Waals surface area contributed by atoms with Crippen molar-refractivity contribution in [2.24, 2.45) is 0 Å². The molecule has 0 unspecified atom stereocenters. The summed E-state index contributed by atoms with van der Waals surface area (Å²) in [5.74, 6) is 1.15. The third kappa shape index (κ3) is 22.0. The van der Waals surface area contributed by atoms with E-state index in [1.54, 1.807) is 35.2 Å². The van der Waals surface area contributed by atoms with Crippen LogP contribution in [-0.4, -0.2) is 107 Å². The summed E-state index contributed by atoms with van der Waals surface area (Å²) >= 11 is 0. The lowest BCUT2D eigenvalue weighted by atomic mass is 9.95. The van der Waals surface area contributed by atoms with E-state index in [-0.39, 0.29) is 67.8 Å². The minimum Gasteiger partial charge on any atom is -0.497 e. The predicted molar refractivity (Wildman–Crippen MR) is 299 cm³/mol. The van der Waals surface area contributed by atoms with Crippen LogP contribution in [0.3, 0.4) is 0 Å². The Balaban J connectivity index is 1.91. The van der Waals surface area contributed by atoms with E-state index in [0.29, 0.717) is 36.7 Å². The van der Waals surface area contributed by atoms with E-state index in [2.05, 4.69) is 106 Å². The highest BCUT2D eigenvalue weighted by Crippen LogP contribution is 2.48. The quantitative estimate of drug-likeness (QED) is 0.0307. The maximum absolute atomic E-state index is 13.8. The van der Waals surface area contributed by atoms with Crippen molar-refractivity contribution in [1.29, 1.82) is 0 Å². The van der Waals surface area contributed by atoms with Gasteiger partial charge in [-0.3, -0.25) is 9.36 Å². The molecule has 1 heterocycles. The first-order valence-corrected chi connectivity index (χ1v) is 33.5. The van der Waals surface area contributed by atoms with Crippen molar-refractivity contribution < 1.29 is 60.4 Å². The van der Waals surface area contributed by atoms with Crippen LogP contribution >= 0.6 is 7.60 Å². The van der Waals surface area contributed by atoms with Crippen LogP contribution in [0, 0.1) is 0 Å². The van der Waals surface area contributed by atoms with Crippen molar-refractivity contribution in [2.45, 2.75) is 181 Å². The van der Waals surface area contributed by atoms with E-state index in [1.807, 2.05) is 49.4 Å². The Labute approximate surface area is 442 Å². The van der Waals surface area contributed by atoms with Crippen LogP contribution in [0.2, 0.25) is 36.3 Å². The standard InChI is InChI=1S/C57H93O13PSi2/c1-19-65-71(59,66-20-2)41-55(58)69-53(54(64-39-45-24-27-47(60-12)28-25-45)40-63-38-46-26-29-51(61-13)52(37-46)62-14)36-44(5)35-50-34-43(4)33-48(68-50)22-21-23-49(70-73(17,18)57(9,10)11)32-42(3)30-31-67-72(15,16)56(6,7)8/h21,23-30,35,37,48-50,53-54H,4,19-20,22,31-34,36,38-41H2,1-3,5-18H3/b23-21+,42-30-,44-35+/t48-,49+,50-,53-,54-/m1/s1. The van der Waals surface area contributed by atoms with Crippen molar-refractivity contribution in [3.8, 4) is 17.2 Å². The zero-order valence-electron chi connectivity index (χ0n) is 47.7. The van der Waals surface area contributed by atoms with Crippen LogP contribution in [-0.2, 0) is 59.4 Å². The molecule has 0 spiro atoms. The molecule has 1 aliphatic rings. The monoisotopic (exact) mass is 1070 g/mol. The average Bonchev–Trinajstić information content (AvgIpc) is 3.28. The highest BCUT2D eigenvalue weighted by molar-refractivity contribution is 7.54. The molecular formula is C57H93O13PSi2. The minimum atomic E-state index is -3.79. The Kier molecular flexibility index (Phi) is 26.1. The second kappa shape index (κ2) is 29.8. The maximum Gasteiger partial charge on any atom is 0.341 e. The smallest absolute Gasteiger partial charge is 0.341 e. The Bertz CT molecular complexity index is 2150. The largest absolute Gasteiger partial charge is 0.497 e. The Morgan fingerprint density at radius 3 is 2.03 bits per heavy atom. The molecule has 16 heteroatoms. The van der Waals surface area contributed by atoms with Gasteiger partial charge in [0.2, 0.25) is 0 Å². The Hall–Kier alpha value is -3.35. The van der Waals surface area contributed by atoms with Gasteiger partial charge in [0, 0.05) is 6.42 Å². The summed E-state index contributed by atoms with van der Waals surface area (Å²) in [7, 11) is -2.98. The number of methoxy groups -OCH3 is 3. The summed E-state index contributed by atoms with van der Waals surface area (Å²) in [4.78, 5) is 13.8. The van der Waals surface area contributed by atoms with Crippen molar-refractivity contribution in [3.63, 3.8) is 0 Å². The summed E-state index contributed by atoms with van der Waals surface area (Å²) < 4.78 is 80.3. The maximum atomic E-state index is 13.8. The summed E-state index contributed by atoms with van der Waals surface area (Å²) in [6.07, 6.45) is 9.21. The molecule has 0 bridgehead atoms. The molecule has 1 saturated heterocycles. The van der Waals surface area contributed by atoms with Crippen LogP contribution in [0.15, 0.2) is 90.1 Å². The minimum absolute atomic E-state index is 0.0512. The molecule has 0 aliphatic carbocycles. The lowest BCUT2D eigenvalue weighted by molar-refractivity contribution is -0.160. The lowest BCUT2D eigenvalue weighted by Crippen LogP contribution is -2.43. The third-order valence-corrected chi connectivity index (χ3v) is 24.8. The molecule has 5 atom stereocenters. The second-order valence-corrected chi connectivity index (χ2v) is 33.7. The van der Waals surface area contributed by atoms with Gasteiger partial charge in [-0.15, -0.1) is 0 Å². The van der Waals surface area contributed by atoms with Gasteiger partial charge in [-0.2, -0.15) is 0 Å². The zero-order chi connectivity index (χ0) is 54.6. The van der Waals surface area contributed by atoms with Crippen LogP contribution in [0.1, 0.15) is 112 Å². The number of carbonyl (C=O) groups excluding carboxylic acids is 1. The van der Waals surface area contributed by atoms with E-state index in [0.717, 1.165) is 35.1 Å². The van der Waals surface area contributed by atoms with Gasteiger partial charge >= 0.3 is 13.6 Å². The number of ether oxygens (including phenoxy) is 7. The normalized spacial score (nSPS) is 17.9. The fourth-order valence-corrected chi connectivity index (χ4v) is 11.3. The van der Waals surface area contributed by atoms with Gasteiger partial charge in [0.15, 0.2) is 28.1 Å². The number of hydrogen-bond donors (Lipinski definition) is 0. The number of rotatable bonds is 31. The van der Waals surface area contributed by atoms with Crippen LogP contribution in [0.5, 0.6) is 17.2 Å². The van der Waals surface area contributed by atoms with Gasteiger partial charge in [0.05, 0.1) is 79.3 Å². The molecule has 0 saturated carbocycles. The highest BCUT2D eigenvalue weighted by atomic mass is 31.2. The van der Waals surface area contributed by atoms with Gasteiger partial charge in [-0.25, -0.2) is 0 Å². The van der Waals surface area contributed by atoms with Gasteiger partial charge in [-0.05, 0) is 125 Å². The van der Waals surface area contributed by atoms with E-state index in [9.17, 15) is 9.36 Å². The van der Waals surface area contributed by atoms with Crippen LogP contribution in [0.25, 0.3) is 0 Å². The molecular weight excluding hydrogens is 980 g/mol. The lowest BCUT2D eigenvalue weighted by Gasteiger charge is -2.39. The molecule has 0 amide bonds. The Morgan fingerprint density at radius 2 is 1.44 bits per heavy atom. The molecule has 1 aliphatic heterocycles. The average molecular weight is 1070 g/mol. The van der Waals surface area contributed by atoms with Gasteiger partial charge in [-0.1, -0.05) is 107 Å². The molecule has 0 aromatic heterocycles. The fraction of sp³-hybridized carbons (Fsp3) is 0.632. The summed E-state index contributed by atoms with van der Waals surface area (Å²) in [6, 6.07) is 13.1. The second-order valence-electron chi connectivity index (χ2n) is 22.1. The van der Waals surface area contributed by atoms with Crippen molar-refractivity contribution in [3.05, 3.63) is 101 Å². The third-order valence-electron chi connectivity index (χ3n) is 13.9. The van der Waals surface area contributed by atoms with E-state index >= 15 is 0 Å². The SMILES string of the molecule is C=C1C[C@@H](C/C=C/[C@@H](C/C(C)=C\CO[Si](C)(C)C(C)(C)C)O[Si](C)(C)C(C)(C)C)O[C@@H](/C=C(\C)C[C@@H](OC(=O)CP(=O)(OCC)OCC)[C@@H](COCc2ccc(OC)c(OC)c2)OCc2ccc(OC)cc2)C1. The first-order valence-electron chi connectivity index (χ1n) is 25.9. The van der Waals surface area contributed by atoms with Gasteiger partial charge in [0.25, 0.3) is 0 Å². The molecule has 0 N–H and O–H groups in total. The first-order chi connectivity index (χ1) is 34.2. The number of hydrogen-bond acceptors (Lipinski definition) is 13. The summed E-state index contributed by atoms with van der Waals surface area (Å²) in [6.45, 7) is 36.0. The predicted octanol–water partition coefficient (Wildman–Crippen LogP) is 14.1. The van der Waals surface area contributed by atoms with E-state index in [4.69, 9.17) is 51.1 Å². The van der Waals surface area contributed by atoms with Crippen molar-refractivity contribution in [2.75, 3.05) is 53.9 Å². The molecule has 1 fully saturated rings. The number of carbonyl (C=O) groups is 1. The summed E-state index contributed by atoms with van der Waals surface area (Å²) in [5, 5.41) is 0.199. The highest BCUT2D eigenvalue weighted by Gasteiger charge is 2.40. The molecule has 73 heavy (non-hydrogen) atoms. The van der Waals surface area contributed by atoms with Crippen LogP contribution < -0.4 is 14.2 Å². The van der Waals surface area contributed by atoms with E-state index in [1.165, 1.54) is 5.57 Å². The molecule has 0 radical (unpaired) electrons. The molecule has 2 aromatic carbocycles. The molecule has 3 rings (SSSR count). The van der Waals surface area contributed by atoms with Crippen molar-refractivity contribution >= 4 is 30.2 Å². The topological polar surface area (TPSA) is 136 Å². The Morgan fingerprint density at radius 1 is 0.808 bits per heavy atom. The molecule has 412 valence electrons. The summed E-state index contributed by atoms with van der Waals surface area (Å²) in [5.41, 5.74) is 4.98. The van der Waals surface area contributed by atoms with Gasteiger partial charge in [0.1, 0.15) is 24.1 Å². The molecule has 2 aromatic rings. The fourth-order valence-electron chi connectivity index (χ4n) is 7.66. The zero-order valence-corrected chi connectivity index (χ0v) is 50.6. The van der Waals surface area contributed by atoms with Crippen LogP contribution in [0.4, 0.5) is 0 Å². The van der Waals surface area contributed by atoms with Crippen molar-refractivity contribution in [1.82, 2.24) is 0 Å². The molecule has 13 nitrogen and oxygen atoms in total. The van der Waals surface area contributed by atoms with E-state index < -0.39 is 48.6 Å². The van der Waals surface area contributed by atoms with Gasteiger partial charge < -0.3 is 51.1 Å². The first kappa shape index (κ1) is 63.9.